The van der Waals surface area contributed by atoms with Crippen molar-refractivity contribution in [2.45, 2.75) is 6.92 Å². The van der Waals surface area contributed by atoms with E-state index in [9.17, 15) is 0 Å². The molecule has 0 amide bonds. The van der Waals surface area contributed by atoms with E-state index in [0.29, 0.717) is 0 Å². The Labute approximate surface area is 109 Å². The number of nitriles is 1. The minimum absolute atomic E-state index is 0.538. The predicted molar refractivity (Wildman–Crippen MR) is 73.0 cm³/mol. The molecule has 3 rings (SSSR count). The van der Waals surface area contributed by atoms with E-state index < -0.39 is 5.41 Å². The number of thiazole rings is 1. The van der Waals surface area contributed by atoms with Gasteiger partial charge in [-0.15, -0.1) is 11.3 Å². The van der Waals surface area contributed by atoms with Gasteiger partial charge in [0.2, 0.25) is 0 Å². The molecule has 2 heterocycles. The van der Waals surface area contributed by atoms with E-state index in [2.05, 4.69) is 15.5 Å². The predicted octanol–water partition coefficient (Wildman–Crippen LogP) is 3.44. The van der Waals surface area contributed by atoms with Crippen LogP contribution in [0.4, 0.5) is 0 Å². The number of nitrogens with zero attached hydrogens (tertiary/aromatic N) is 3. The van der Waals surface area contributed by atoms with Gasteiger partial charge >= 0.3 is 0 Å². The minimum atomic E-state index is -0.538. The van der Waals surface area contributed by atoms with Crippen LogP contribution in [0.25, 0.3) is 10.4 Å². The van der Waals surface area contributed by atoms with Crippen LogP contribution in [0.1, 0.15) is 12.7 Å². The van der Waals surface area contributed by atoms with Gasteiger partial charge in [0.1, 0.15) is 10.7 Å². The number of rotatable bonds is 1. The van der Waals surface area contributed by atoms with Crippen LogP contribution in [0.3, 0.4) is 0 Å². The number of imidazole rings is 1. The summed E-state index contributed by atoms with van der Waals surface area (Å²) >= 11 is 1.66. The third-order valence-corrected chi connectivity index (χ3v) is 3.79. The van der Waals surface area contributed by atoms with E-state index in [4.69, 9.17) is 5.26 Å². The molecule has 1 aliphatic carbocycles. The molecule has 0 saturated heterocycles. The molecule has 4 heteroatoms. The molecule has 0 spiro atoms. The lowest BCUT2D eigenvalue weighted by Crippen LogP contribution is -2.04. The lowest BCUT2D eigenvalue weighted by molar-refractivity contribution is 0.737. The molecule has 0 bridgehead atoms. The summed E-state index contributed by atoms with van der Waals surface area (Å²) in [5.41, 5.74) is 0.479. The van der Waals surface area contributed by atoms with E-state index in [0.717, 1.165) is 16.2 Å². The van der Waals surface area contributed by atoms with Gasteiger partial charge in [0, 0.05) is 17.2 Å². The Morgan fingerprint density at radius 1 is 1.44 bits per heavy atom. The molecule has 0 aliphatic heterocycles. The van der Waals surface area contributed by atoms with Crippen molar-refractivity contribution >= 4 is 21.7 Å². The third kappa shape index (κ3) is 1.69. The van der Waals surface area contributed by atoms with Gasteiger partial charge in [-0.25, -0.2) is 4.98 Å². The van der Waals surface area contributed by atoms with Crippen LogP contribution in [0.15, 0.2) is 48.2 Å². The normalized spacial score (nSPS) is 22.8. The average Bonchev–Trinajstić information content (AvgIpc) is 2.91. The second-order valence-corrected chi connectivity index (χ2v) is 5.33. The molecule has 2 aromatic rings. The summed E-state index contributed by atoms with van der Waals surface area (Å²) < 4.78 is 2.06. The van der Waals surface area contributed by atoms with Crippen LogP contribution < -0.4 is 0 Å². The maximum Gasteiger partial charge on any atom is 0.145 e. The van der Waals surface area contributed by atoms with Gasteiger partial charge in [-0.2, -0.15) is 5.26 Å². The molecule has 18 heavy (non-hydrogen) atoms. The SMILES string of the molecule is CC1(C#N)C=CC=C(c2ncc3sccn23)C=C1. The zero-order valence-electron chi connectivity index (χ0n) is 9.87. The second-order valence-electron chi connectivity index (χ2n) is 4.40. The van der Waals surface area contributed by atoms with Crippen LogP contribution >= 0.6 is 11.3 Å². The fraction of sp³-hybridized carbons (Fsp3) is 0.143. The highest BCUT2D eigenvalue weighted by Crippen LogP contribution is 2.27. The van der Waals surface area contributed by atoms with Crippen molar-refractivity contribution in [3.8, 4) is 6.07 Å². The first-order valence-corrected chi connectivity index (χ1v) is 6.51. The van der Waals surface area contributed by atoms with Gasteiger partial charge < -0.3 is 0 Å². The lowest BCUT2D eigenvalue weighted by atomic mass is 9.92. The summed E-state index contributed by atoms with van der Waals surface area (Å²) in [5.74, 6) is 0.911. The Morgan fingerprint density at radius 3 is 3.17 bits per heavy atom. The van der Waals surface area contributed by atoms with Crippen molar-refractivity contribution < 1.29 is 0 Å². The molecule has 3 nitrogen and oxygen atoms in total. The topological polar surface area (TPSA) is 41.1 Å². The zero-order chi connectivity index (χ0) is 12.6. The minimum Gasteiger partial charge on any atom is -0.290 e. The van der Waals surface area contributed by atoms with Gasteiger partial charge in [0.25, 0.3) is 0 Å². The Morgan fingerprint density at radius 2 is 2.33 bits per heavy atom. The maximum absolute atomic E-state index is 9.14. The summed E-state index contributed by atoms with van der Waals surface area (Å²) in [6, 6.07) is 2.29. The van der Waals surface area contributed by atoms with Crippen molar-refractivity contribution in [3.05, 3.63) is 54.0 Å². The van der Waals surface area contributed by atoms with Gasteiger partial charge in [-0.3, -0.25) is 4.40 Å². The molecule has 0 fully saturated rings. The molecule has 1 atom stereocenters. The summed E-state index contributed by atoms with van der Waals surface area (Å²) in [5, 5.41) is 11.2. The van der Waals surface area contributed by atoms with Crippen molar-refractivity contribution in [2.24, 2.45) is 5.41 Å². The molecule has 1 unspecified atom stereocenters. The van der Waals surface area contributed by atoms with Crippen molar-refractivity contribution in [3.63, 3.8) is 0 Å². The quantitative estimate of drug-likeness (QED) is 0.781. The highest BCUT2D eigenvalue weighted by molar-refractivity contribution is 7.15. The fourth-order valence-electron chi connectivity index (χ4n) is 1.90. The molecule has 0 radical (unpaired) electrons. The molecular formula is C14H11N3S. The molecule has 1 aliphatic rings. The molecule has 0 saturated carbocycles. The molecular weight excluding hydrogens is 242 g/mol. The highest BCUT2D eigenvalue weighted by Gasteiger charge is 2.18. The van der Waals surface area contributed by atoms with Crippen LogP contribution in [-0.4, -0.2) is 9.38 Å². The Bertz CT molecular complexity index is 724. The summed E-state index contributed by atoms with van der Waals surface area (Å²) in [4.78, 5) is 5.55. The summed E-state index contributed by atoms with van der Waals surface area (Å²) in [7, 11) is 0. The van der Waals surface area contributed by atoms with Gasteiger partial charge in [-0.1, -0.05) is 30.4 Å². The van der Waals surface area contributed by atoms with Crippen molar-refractivity contribution in [2.75, 3.05) is 0 Å². The monoisotopic (exact) mass is 253 g/mol. The Hall–Kier alpha value is -2.12. The van der Waals surface area contributed by atoms with E-state index >= 15 is 0 Å². The number of fused-ring (bicyclic) bond motifs is 1. The number of aromatic nitrogens is 2. The van der Waals surface area contributed by atoms with Gasteiger partial charge in [0.05, 0.1) is 17.7 Å². The Balaban J connectivity index is 2.08. The zero-order valence-corrected chi connectivity index (χ0v) is 10.7. The standard InChI is InChI=1S/C14H11N3S/c1-14(10-15)5-2-3-11(4-6-14)13-16-9-12-17(13)7-8-18-12/h2-9H,1H3. The van der Waals surface area contributed by atoms with E-state index in [1.165, 1.54) is 0 Å². The largest absolute Gasteiger partial charge is 0.290 e. The lowest BCUT2D eigenvalue weighted by Gasteiger charge is -2.08. The summed E-state index contributed by atoms with van der Waals surface area (Å²) in [6.07, 6.45) is 13.6. The smallest absolute Gasteiger partial charge is 0.145 e. The first-order chi connectivity index (χ1) is 8.72. The molecule has 0 aromatic carbocycles. The Kier molecular flexibility index (Phi) is 2.42. The van der Waals surface area contributed by atoms with E-state index in [1.807, 2.05) is 55.1 Å². The van der Waals surface area contributed by atoms with Crippen LogP contribution in [0.5, 0.6) is 0 Å². The number of hydrogen-bond acceptors (Lipinski definition) is 3. The summed E-state index contributed by atoms with van der Waals surface area (Å²) in [6.45, 7) is 1.89. The fourth-order valence-corrected chi connectivity index (χ4v) is 2.60. The van der Waals surface area contributed by atoms with Crippen LogP contribution in [-0.2, 0) is 0 Å². The first kappa shape index (κ1) is 11.0. The van der Waals surface area contributed by atoms with Crippen LogP contribution in [0, 0.1) is 16.7 Å². The second kappa shape index (κ2) is 3.97. The van der Waals surface area contributed by atoms with Gasteiger partial charge in [-0.05, 0) is 6.92 Å². The van der Waals surface area contributed by atoms with E-state index in [-0.39, 0.29) is 0 Å². The molecule has 2 aromatic heterocycles. The third-order valence-electron chi connectivity index (χ3n) is 2.99. The number of allylic oxidation sites excluding steroid dienone is 6. The number of hydrogen-bond donors (Lipinski definition) is 0. The molecule has 0 N–H and O–H groups in total. The highest BCUT2D eigenvalue weighted by atomic mass is 32.1. The van der Waals surface area contributed by atoms with Crippen LogP contribution in [0.2, 0.25) is 0 Å². The average molecular weight is 253 g/mol. The van der Waals surface area contributed by atoms with Gasteiger partial charge in [0.15, 0.2) is 0 Å². The first-order valence-electron chi connectivity index (χ1n) is 5.63. The van der Waals surface area contributed by atoms with Crippen molar-refractivity contribution in [1.29, 1.82) is 5.26 Å². The maximum atomic E-state index is 9.14. The van der Waals surface area contributed by atoms with E-state index in [1.54, 1.807) is 11.3 Å². The molecule has 88 valence electrons. The van der Waals surface area contributed by atoms with Crippen molar-refractivity contribution in [1.82, 2.24) is 9.38 Å².